The van der Waals surface area contributed by atoms with Gasteiger partial charge in [-0.15, -0.1) is 0 Å². The summed E-state index contributed by atoms with van der Waals surface area (Å²) < 4.78 is 5.81. The SMILES string of the molecule is CC(N)C1CCCCN1C(=O)C1C(C)OC(C)C1C. The minimum absolute atomic E-state index is 0.00523. The molecule has 2 rings (SSSR count). The first kappa shape index (κ1) is 14.8. The number of likely N-dealkylation sites (tertiary alicyclic amines) is 1. The second-order valence-corrected chi connectivity index (χ2v) is 6.39. The van der Waals surface area contributed by atoms with Gasteiger partial charge in [-0.1, -0.05) is 6.92 Å². The van der Waals surface area contributed by atoms with Gasteiger partial charge >= 0.3 is 0 Å². The summed E-state index contributed by atoms with van der Waals surface area (Å²) >= 11 is 0. The molecule has 2 heterocycles. The van der Waals surface area contributed by atoms with Crippen LogP contribution in [-0.4, -0.2) is 41.6 Å². The van der Waals surface area contributed by atoms with Crippen molar-refractivity contribution in [3.63, 3.8) is 0 Å². The molecule has 2 saturated heterocycles. The van der Waals surface area contributed by atoms with E-state index in [0.29, 0.717) is 0 Å². The van der Waals surface area contributed by atoms with E-state index in [9.17, 15) is 4.79 Å². The zero-order valence-electron chi connectivity index (χ0n) is 12.6. The van der Waals surface area contributed by atoms with Crippen molar-refractivity contribution in [2.24, 2.45) is 17.6 Å². The second kappa shape index (κ2) is 5.80. The van der Waals surface area contributed by atoms with Crippen LogP contribution in [0.1, 0.15) is 47.0 Å². The number of ether oxygens (including phenoxy) is 1. The van der Waals surface area contributed by atoms with Crippen LogP contribution in [0.15, 0.2) is 0 Å². The van der Waals surface area contributed by atoms with Gasteiger partial charge in [0.2, 0.25) is 5.91 Å². The Morgan fingerprint density at radius 2 is 1.95 bits per heavy atom. The van der Waals surface area contributed by atoms with Crippen LogP contribution in [0, 0.1) is 11.8 Å². The van der Waals surface area contributed by atoms with E-state index in [4.69, 9.17) is 10.5 Å². The summed E-state index contributed by atoms with van der Waals surface area (Å²) in [4.78, 5) is 14.9. The van der Waals surface area contributed by atoms with E-state index in [2.05, 4.69) is 13.8 Å². The third kappa shape index (κ3) is 2.79. The third-order valence-electron chi connectivity index (χ3n) is 4.97. The van der Waals surface area contributed by atoms with Crippen LogP contribution in [0.3, 0.4) is 0 Å². The molecule has 2 aliphatic heterocycles. The number of nitrogens with zero attached hydrogens (tertiary/aromatic N) is 1. The highest BCUT2D eigenvalue weighted by Gasteiger charge is 2.45. The van der Waals surface area contributed by atoms with Crippen LogP contribution in [0.2, 0.25) is 0 Å². The number of carbonyl (C=O) groups is 1. The Labute approximate surface area is 116 Å². The van der Waals surface area contributed by atoms with Gasteiger partial charge in [-0.25, -0.2) is 0 Å². The highest BCUT2D eigenvalue weighted by molar-refractivity contribution is 5.80. The summed E-state index contributed by atoms with van der Waals surface area (Å²) in [5.74, 6) is 0.541. The molecule has 0 spiro atoms. The van der Waals surface area contributed by atoms with E-state index in [1.165, 1.54) is 6.42 Å². The van der Waals surface area contributed by atoms with Gasteiger partial charge in [-0.2, -0.15) is 0 Å². The quantitative estimate of drug-likeness (QED) is 0.830. The predicted molar refractivity (Wildman–Crippen MR) is 75.7 cm³/mol. The molecule has 2 N–H and O–H groups in total. The highest BCUT2D eigenvalue weighted by Crippen LogP contribution is 2.35. The van der Waals surface area contributed by atoms with Crippen molar-refractivity contribution in [3.05, 3.63) is 0 Å². The van der Waals surface area contributed by atoms with Crippen LogP contribution in [0.25, 0.3) is 0 Å². The average Bonchev–Trinajstić information content (AvgIpc) is 2.62. The zero-order valence-corrected chi connectivity index (χ0v) is 12.6. The molecule has 0 saturated carbocycles. The van der Waals surface area contributed by atoms with Crippen molar-refractivity contribution < 1.29 is 9.53 Å². The molecule has 0 radical (unpaired) electrons. The molecule has 19 heavy (non-hydrogen) atoms. The normalized spacial score (nSPS) is 41.3. The van der Waals surface area contributed by atoms with Crippen LogP contribution in [0.5, 0.6) is 0 Å². The summed E-state index contributed by atoms with van der Waals surface area (Å²) in [6.45, 7) is 9.08. The second-order valence-electron chi connectivity index (χ2n) is 6.39. The molecular weight excluding hydrogens is 240 g/mol. The molecule has 1 amide bonds. The smallest absolute Gasteiger partial charge is 0.228 e. The number of piperidine rings is 1. The Hall–Kier alpha value is -0.610. The van der Waals surface area contributed by atoms with Crippen LogP contribution < -0.4 is 5.73 Å². The maximum Gasteiger partial charge on any atom is 0.228 e. The summed E-state index contributed by atoms with van der Waals surface area (Å²) in [5, 5.41) is 0. The first-order chi connectivity index (χ1) is 8.93. The van der Waals surface area contributed by atoms with Gasteiger partial charge in [0.1, 0.15) is 0 Å². The van der Waals surface area contributed by atoms with Gasteiger partial charge < -0.3 is 15.4 Å². The van der Waals surface area contributed by atoms with Gasteiger partial charge in [0.05, 0.1) is 18.1 Å². The van der Waals surface area contributed by atoms with Crippen molar-refractivity contribution >= 4 is 5.91 Å². The molecule has 0 aromatic carbocycles. The van der Waals surface area contributed by atoms with Crippen LogP contribution in [-0.2, 0) is 9.53 Å². The highest BCUT2D eigenvalue weighted by atomic mass is 16.5. The molecule has 0 aliphatic carbocycles. The fourth-order valence-corrected chi connectivity index (χ4v) is 3.66. The molecule has 0 aromatic rings. The van der Waals surface area contributed by atoms with Crippen LogP contribution >= 0.6 is 0 Å². The van der Waals surface area contributed by atoms with Gasteiger partial charge in [0, 0.05) is 18.6 Å². The first-order valence-electron chi connectivity index (χ1n) is 7.65. The number of amides is 1. The van der Waals surface area contributed by atoms with Crippen molar-refractivity contribution in [2.75, 3.05) is 6.54 Å². The third-order valence-corrected chi connectivity index (χ3v) is 4.97. The lowest BCUT2D eigenvalue weighted by Crippen LogP contribution is -2.54. The Balaban J connectivity index is 2.13. The van der Waals surface area contributed by atoms with E-state index in [0.717, 1.165) is 19.4 Å². The van der Waals surface area contributed by atoms with Crippen molar-refractivity contribution in [3.8, 4) is 0 Å². The lowest BCUT2D eigenvalue weighted by Gasteiger charge is -2.40. The molecular formula is C15H28N2O2. The number of hydrogen-bond donors (Lipinski definition) is 1. The fraction of sp³-hybridized carbons (Fsp3) is 0.933. The number of nitrogens with two attached hydrogens (primary N) is 1. The lowest BCUT2D eigenvalue weighted by molar-refractivity contribution is -0.142. The summed E-state index contributed by atoms with van der Waals surface area (Å²) in [6, 6.07) is 0.256. The Kier molecular flexibility index (Phi) is 4.51. The molecule has 2 fully saturated rings. The van der Waals surface area contributed by atoms with E-state index in [1.807, 2.05) is 18.7 Å². The predicted octanol–water partition coefficient (Wildman–Crippen LogP) is 1.77. The molecule has 110 valence electrons. The molecule has 4 heteroatoms. The van der Waals surface area contributed by atoms with Gasteiger partial charge in [-0.05, 0) is 46.0 Å². The van der Waals surface area contributed by atoms with Crippen molar-refractivity contribution in [1.82, 2.24) is 4.90 Å². The van der Waals surface area contributed by atoms with E-state index in [-0.39, 0.29) is 42.0 Å². The maximum atomic E-state index is 12.9. The Morgan fingerprint density at radius 3 is 2.47 bits per heavy atom. The van der Waals surface area contributed by atoms with Crippen molar-refractivity contribution in [2.45, 2.75) is 71.2 Å². The van der Waals surface area contributed by atoms with E-state index < -0.39 is 0 Å². The van der Waals surface area contributed by atoms with Gasteiger partial charge in [0.15, 0.2) is 0 Å². The average molecular weight is 268 g/mol. The van der Waals surface area contributed by atoms with Crippen molar-refractivity contribution in [1.29, 1.82) is 0 Å². The Bertz CT molecular complexity index is 332. The number of rotatable bonds is 2. The van der Waals surface area contributed by atoms with E-state index in [1.54, 1.807) is 0 Å². The minimum atomic E-state index is -0.00523. The standard InChI is InChI=1S/C15H28N2O2/c1-9-11(3)19-12(4)14(9)15(18)17-8-6-5-7-13(17)10(2)16/h9-14H,5-8,16H2,1-4H3. The first-order valence-corrected chi connectivity index (χ1v) is 7.65. The summed E-state index contributed by atoms with van der Waals surface area (Å²) in [7, 11) is 0. The Morgan fingerprint density at radius 1 is 1.26 bits per heavy atom. The topological polar surface area (TPSA) is 55.6 Å². The fourth-order valence-electron chi connectivity index (χ4n) is 3.66. The molecule has 0 bridgehead atoms. The van der Waals surface area contributed by atoms with Gasteiger partial charge in [-0.3, -0.25) is 4.79 Å². The maximum absolute atomic E-state index is 12.9. The molecule has 4 nitrogen and oxygen atoms in total. The zero-order chi connectivity index (χ0) is 14.2. The number of carbonyl (C=O) groups excluding carboxylic acids is 1. The minimum Gasteiger partial charge on any atom is -0.374 e. The summed E-state index contributed by atoms with van der Waals surface area (Å²) in [5.41, 5.74) is 6.07. The molecule has 6 unspecified atom stereocenters. The van der Waals surface area contributed by atoms with Gasteiger partial charge in [0.25, 0.3) is 0 Å². The number of hydrogen-bond acceptors (Lipinski definition) is 3. The lowest BCUT2D eigenvalue weighted by atomic mass is 9.86. The van der Waals surface area contributed by atoms with E-state index >= 15 is 0 Å². The molecule has 0 aromatic heterocycles. The monoisotopic (exact) mass is 268 g/mol. The molecule has 2 aliphatic rings. The largest absolute Gasteiger partial charge is 0.374 e. The summed E-state index contributed by atoms with van der Waals surface area (Å²) in [6.07, 6.45) is 3.50. The van der Waals surface area contributed by atoms with Crippen LogP contribution in [0.4, 0.5) is 0 Å². The molecule has 6 atom stereocenters.